The summed E-state index contributed by atoms with van der Waals surface area (Å²) in [6.45, 7) is 10.8. The molecular weight excluding hydrogens is 264 g/mol. The molecule has 1 N–H and O–H groups in total. The van der Waals surface area contributed by atoms with Gasteiger partial charge in [-0.2, -0.15) is 0 Å². The summed E-state index contributed by atoms with van der Waals surface area (Å²) in [6, 6.07) is 10.5. The third-order valence-electron chi connectivity index (χ3n) is 3.10. The van der Waals surface area contributed by atoms with Gasteiger partial charge in [-0.15, -0.1) is 11.3 Å². The molecule has 0 spiro atoms. The first-order valence-corrected chi connectivity index (χ1v) is 8.10. The molecule has 1 aromatic heterocycles. The molecule has 1 aromatic carbocycles. The Morgan fingerprint density at radius 2 is 1.85 bits per heavy atom. The highest BCUT2D eigenvalue weighted by molar-refractivity contribution is 7.12. The molecule has 0 saturated heterocycles. The molecule has 2 aromatic rings. The van der Waals surface area contributed by atoms with E-state index in [9.17, 15) is 0 Å². The number of hydrogen-bond acceptors (Lipinski definition) is 3. The molecular formula is C17H24N2S. The van der Waals surface area contributed by atoms with E-state index in [1.165, 1.54) is 15.4 Å². The maximum Gasteiger partial charge on any atom is 0.0989 e. The molecule has 3 heteroatoms. The van der Waals surface area contributed by atoms with Crippen molar-refractivity contribution in [3.8, 4) is 11.3 Å². The maximum absolute atomic E-state index is 4.91. The number of benzene rings is 1. The van der Waals surface area contributed by atoms with Gasteiger partial charge in [-0.1, -0.05) is 58.0 Å². The first-order chi connectivity index (χ1) is 9.52. The Morgan fingerprint density at radius 1 is 1.15 bits per heavy atom. The predicted molar refractivity (Wildman–Crippen MR) is 88.2 cm³/mol. The Hall–Kier alpha value is -1.19. The van der Waals surface area contributed by atoms with Crippen LogP contribution in [0.1, 0.15) is 44.0 Å². The smallest absolute Gasteiger partial charge is 0.0989 e. The van der Waals surface area contributed by atoms with Crippen molar-refractivity contribution in [1.82, 2.24) is 10.3 Å². The van der Waals surface area contributed by atoms with Crippen molar-refractivity contribution in [3.63, 3.8) is 0 Å². The van der Waals surface area contributed by atoms with Crippen molar-refractivity contribution in [3.05, 3.63) is 40.2 Å². The molecule has 20 heavy (non-hydrogen) atoms. The molecule has 0 radical (unpaired) electrons. The summed E-state index contributed by atoms with van der Waals surface area (Å²) < 4.78 is 0. The number of thiazole rings is 1. The number of nitrogens with one attached hydrogen (secondary N) is 1. The predicted octanol–water partition coefficient (Wildman–Crippen LogP) is 4.61. The van der Waals surface area contributed by atoms with E-state index in [1.54, 1.807) is 0 Å². The topological polar surface area (TPSA) is 24.9 Å². The largest absolute Gasteiger partial charge is 0.312 e. The highest BCUT2D eigenvalue weighted by Crippen LogP contribution is 2.34. The Morgan fingerprint density at radius 3 is 2.45 bits per heavy atom. The lowest BCUT2D eigenvalue weighted by Crippen LogP contribution is -2.13. The first-order valence-electron chi connectivity index (χ1n) is 7.28. The van der Waals surface area contributed by atoms with Gasteiger partial charge < -0.3 is 5.32 Å². The van der Waals surface area contributed by atoms with E-state index in [-0.39, 0.29) is 5.41 Å². The Bertz CT molecular complexity index is 538. The van der Waals surface area contributed by atoms with Gasteiger partial charge >= 0.3 is 0 Å². The van der Waals surface area contributed by atoms with Crippen LogP contribution in [0.5, 0.6) is 0 Å². The summed E-state index contributed by atoms with van der Waals surface area (Å²) in [6.07, 6.45) is 1.16. The molecule has 0 aliphatic rings. The van der Waals surface area contributed by atoms with Crippen LogP contribution in [0.2, 0.25) is 0 Å². The van der Waals surface area contributed by atoms with Crippen molar-refractivity contribution in [2.24, 2.45) is 0 Å². The minimum atomic E-state index is 0.108. The van der Waals surface area contributed by atoms with Crippen LogP contribution in [0.3, 0.4) is 0 Å². The van der Waals surface area contributed by atoms with Crippen LogP contribution in [0, 0.1) is 0 Å². The fourth-order valence-electron chi connectivity index (χ4n) is 1.99. The molecule has 0 bridgehead atoms. The first kappa shape index (κ1) is 15.2. The molecule has 0 fully saturated rings. The second-order valence-electron chi connectivity index (χ2n) is 6.08. The monoisotopic (exact) mass is 288 g/mol. The van der Waals surface area contributed by atoms with Gasteiger partial charge in [-0.05, 0) is 13.0 Å². The van der Waals surface area contributed by atoms with Gasteiger partial charge in [0.25, 0.3) is 0 Å². The molecule has 2 rings (SSSR count). The van der Waals surface area contributed by atoms with Crippen molar-refractivity contribution in [2.45, 2.75) is 46.1 Å². The minimum absolute atomic E-state index is 0.108. The van der Waals surface area contributed by atoms with E-state index in [0.29, 0.717) is 0 Å². The van der Waals surface area contributed by atoms with E-state index in [1.807, 2.05) is 11.3 Å². The molecule has 0 atom stereocenters. The van der Waals surface area contributed by atoms with Crippen LogP contribution in [0.15, 0.2) is 30.3 Å². The fourth-order valence-corrected chi connectivity index (χ4v) is 3.10. The van der Waals surface area contributed by atoms with E-state index >= 15 is 0 Å². The zero-order valence-electron chi connectivity index (χ0n) is 12.9. The third-order valence-corrected chi connectivity index (χ3v) is 4.58. The van der Waals surface area contributed by atoms with Gasteiger partial charge in [-0.3, -0.25) is 0 Å². The average Bonchev–Trinajstić information content (AvgIpc) is 2.84. The number of aromatic nitrogens is 1. The van der Waals surface area contributed by atoms with Crippen LogP contribution in [0.4, 0.5) is 0 Å². The molecule has 1 heterocycles. The lowest BCUT2D eigenvalue weighted by atomic mass is 9.98. The van der Waals surface area contributed by atoms with Crippen LogP contribution in [-0.4, -0.2) is 11.5 Å². The van der Waals surface area contributed by atoms with Gasteiger partial charge in [-0.25, -0.2) is 4.98 Å². The molecule has 2 nitrogen and oxygen atoms in total. The number of nitrogens with zero attached hydrogens (tertiary/aromatic N) is 1. The zero-order valence-corrected chi connectivity index (χ0v) is 13.7. The molecule has 0 saturated carbocycles. The summed E-state index contributed by atoms with van der Waals surface area (Å²) in [4.78, 5) is 6.25. The second-order valence-corrected chi connectivity index (χ2v) is 7.17. The molecule has 0 aliphatic carbocycles. The lowest BCUT2D eigenvalue weighted by molar-refractivity contribution is 0.586. The Balaban J connectivity index is 2.35. The molecule has 0 aliphatic heterocycles. The standard InChI is InChI=1S/C17H24N2S/c1-5-11-18-12-14-15(13-9-7-6-8-10-13)19-16(20-14)17(2,3)4/h6-10,18H,5,11-12H2,1-4H3. The lowest BCUT2D eigenvalue weighted by Gasteiger charge is -2.13. The van der Waals surface area contributed by atoms with Gasteiger partial charge in [0.2, 0.25) is 0 Å². The summed E-state index contributed by atoms with van der Waals surface area (Å²) in [5.41, 5.74) is 2.47. The van der Waals surface area contributed by atoms with Gasteiger partial charge in [0.1, 0.15) is 0 Å². The normalized spacial score (nSPS) is 11.8. The fraction of sp³-hybridized carbons (Fsp3) is 0.471. The van der Waals surface area contributed by atoms with E-state index in [4.69, 9.17) is 4.98 Å². The number of rotatable bonds is 5. The highest BCUT2D eigenvalue weighted by Gasteiger charge is 2.21. The van der Waals surface area contributed by atoms with Crippen LogP contribution >= 0.6 is 11.3 Å². The van der Waals surface area contributed by atoms with E-state index in [2.05, 4.69) is 63.3 Å². The zero-order chi connectivity index (χ0) is 14.6. The van der Waals surface area contributed by atoms with Crippen LogP contribution in [0.25, 0.3) is 11.3 Å². The summed E-state index contributed by atoms with van der Waals surface area (Å²) >= 11 is 1.84. The van der Waals surface area contributed by atoms with Crippen molar-refractivity contribution in [1.29, 1.82) is 0 Å². The Kier molecular flexibility index (Phi) is 4.95. The average molecular weight is 288 g/mol. The summed E-state index contributed by atoms with van der Waals surface area (Å²) in [5, 5.41) is 4.71. The van der Waals surface area contributed by atoms with Crippen molar-refractivity contribution >= 4 is 11.3 Å². The van der Waals surface area contributed by atoms with E-state index in [0.717, 1.165) is 25.2 Å². The second kappa shape index (κ2) is 6.51. The third kappa shape index (κ3) is 3.68. The maximum atomic E-state index is 4.91. The number of hydrogen-bond donors (Lipinski definition) is 1. The van der Waals surface area contributed by atoms with Crippen molar-refractivity contribution in [2.75, 3.05) is 6.54 Å². The van der Waals surface area contributed by atoms with E-state index < -0.39 is 0 Å². The van der Waals surface area contributed by atoms with Gasteiger partial charge in [0, 0.05) is 22.4 Å². The van der Waals surface area contributed by atoms with Crippen LogP contribution < -0.4 is 5.32 Å². The summed E-state index contributed by atoms with van der Waals surface area (Å²) in [5.74, 6) is 0. The van der Waals surface area contributed by atoms with Crippen LogP contribution in [-0.2, 0) is 12.0 Å². The van der Waals surface area contributed by atoms with Crippen molar-refractivity contribution < 1.29 is 0 Å². The van der Waals surface area contributed by atoms with Gasteiger partial charge in [0.15, 0.2) is 0 Å². The minimum Gasteiger partial charge on any atom is -0.312 e. The highest BCUT2D eigenvalue weighted by atomic mass is 32.1. The summed E-state index contributed by atoms with van der Waals surface area (Å²) in [7, 11) is 0. The Labute approximate surface area is 126 Å². The van der Waals surface area contributed by atoms with Gasteiger partial charge in [0.05, 0.1) is 10.7 Å². The molecule has 108 valence electrons. The SMILES string of the molecule is CCCNCc1sc(C(C)(C)C)nc1-c1ccccc1. The quantitative estimate of drug-likeness (QED) is 0.813. The molecule has 0 unspecified atom stereocenters. The molecule has 0 amide bonds.